The summed E-state index contributed by atoms with van der Waals surface area (Å²) in [4.78, 5) is 18.5. The highest BCUT2D eigenvalue weighted by Gasteiger charge is 2.27. The Labute approximate surface area is 202 Å². The molecule has 1 aliphatic heterocycles. The largest absolute Gasteiger partial charge is 0.395 e. The fraction of sp³-hybridized carbons (Fsp3) is 0.444. The van der Waals surface area contributed by atoms with E-state index in [1.54, 1.807) is 11.6 Å². The number of aryl methyl sites for hydroxylation is 1. The SMILES string of the molecule is CN1CCN(c2ccc(CCN(CCO)C3CCc4cc(C=CC(=O)NO)ccc43)cc2)CC1. The van der Waals surface area contributed by atoms with Gasteiger partial charge in [-0.1, -0.05) is 30.3 Å². The van der Waals surface area contributed by atoms with Gasteiger partial charge in [0.05, 0.1) is 6.61 Å². The number of anilines is 1. The van der Waals surface area contributed by atoms with Crippen molar-refractivity contribution in [1.29, 1.82) is 0 Å². The van der Waals surface area contributed by atoms with Gasteiger partial charge in [0.1, 0.15) is 0 Å². The van der Waals surface area contributed by atoms with E-state index in [1.807, 2.05) is 6.07 Å². The minimum atomic E-state index is -0.538. The Balaban J connectivity index is 1.38. The van der Waals surface area contributed by atoms with E-state index in [0.29, 0.717) is 12.6 Å². The van der Waals surface area contributed by atoms with Crippen LogP contribution in [0.15, 0.2) is 48.5 Å². The molecule has 0 saturated carbocycles. The maximum atomic E-state index is 11.2. The molecule has 0 bridgehead atoms. The van der Waals surface area contributed by atoms with Crippen molar-refractivity contribution in [3.05, 3.63) is 70.8 Å². The zero-order valence-electron chi connectivity index (χ0n) is 20.0. The summed E-state index contributed by atoms with van der Waals surface area (Å²) in [5.41, 5.74) is 7.77. The van der Waals surface area contributed by atoms with Gasteiger partial charge in [0, 0.05) is 57.1 Å². The fourth-order valence-corrected chi connectivity index (χ4v) is 5.07. The first-order chi connectivity index (χ1) is 16.6. The molecular formula is C27H36N4O3. The summed E-state index contributed by atoms with van der Waals surface area (Å²) in [6.07, 6.45) is 5.99. The number of nitrogens with one attached hydrogen (secondary N) is 1. The zero-order valence-corrected chi connectivity index (χ0v) is 20.0. The quantitative estimate of drug-likeness (QED) is 0.301. The molecule has 0 radical (unpaired) electrons. The second kappa shape index (κ2) is 11.6. The minimum absolute atomic E-state index is 0.144. The van der Waals surface area contributed by atoms with Gasteiger partial charge < -0.3 is 14.9 Å². The Morgan fingerprint density at radius 3 is 2.59 bits per heavy atom. The monoisotopic (exact) mass is 464 g/mol. The number of hydroxylamine groups is 1. The Morgan fingerprint density at radius 2 is 1.88 bits per heavy atom. The standard InChI is InChI=1S/C27H36N4O3/c1-29-14-16-30(17-15-29)24-7-2-21(3-8-24)12-13-31(18-19-32)26-10-6-23-20-22(4-9-25(23)26)5-11-27(33)28-34/h2-5,7-9,11,20,26,32,34H,6,10,12-19H2,1H3,(H,28,33). The van der Waals surface area contributed by atoms with Crippen molar-refractivity contribution >= 4 is 17.7 Å². The highest BCUT2D eigenvalue weighted by Crippen LogP contribution is 2.36. The average molecular weight is 465 g/mol. The van der Waals surface area contributed by atoms with Crippen LogP contribution in [0.5, 0.6) is 0 Å². The molecule has 182 valence electrons. The molecule has 4 rings (SSSR count). The van der Waals surface area contributed by atoms with Gasteiger partial charge in [-0.25, -0.2) is 5.48 Å². The number of rotatable bonds is 9. The van der Waals surface area contributed by atoms with Crippen molar-refractivity contribution in [1.82, 2.24) is 15.3 Å². The van der Waals surface area contributed by atoms with Crippen LogP contribution in [-0.2, 0) is 17.6 Å². The number of aliphatic hydroxyl groups excluding tert-OH is 1. The van der Waals surface area contributed by atoms with E-state index in [-0.39, 0.29) is 6.61 Å². The van der Waals surface area contributed by atoms with Gasteiger partial charge in [0.25, 0.3) is 5.91 Å². The van der Waals surface area contributed by atoms with Crippen molar-refractivity contribution in [2.75, 3.05) is 57.8 Å². The molecule has 2 aromatic carbocycles. The fourth-order valence-electron chi connectivity index (χ4n) is 5.07. The second-order valence-electron chi connectivity index (χ2n) is 9.29. The Hall–Kier alpha value is -2.71. The molecule has 7 nitrogen and oxygen atoms in total. The molecule has 1 saturated heterocycles. The second-order valence-corrected chi connectivity index (χ2v) is 9.29. The lowest BCUT2D eigenvalue weighted by atomic mass is 10.0. The van der Waals surface area contributed by atoms with Crippen LogP contribution in [-0.4, -0.2) is 78.9 Å². The molecule has 0 aromatic heterocycles. The lowest BCUT2D eigenvalue weighted by Crippen LogP contribution is -2.44. The van der Waals surface area contributed by atoms with Gasteiger partial charge in [0.2, 0.25) is 0 Å². The van der Waals surface area contributed by atoms with Gasteiger partial charge in [-0.05, 0) is 66.8 Å². The van der Waals surface area contributed by atoms with Crippen LogP contribution >= 0.6 is 0 Å². The van der Waals surface area contributed by atoms with Gasteiger partial charge >= 0.3 is 0 Å². The van der Waals surface area contributed by atoms with Crippen LogP contribution in [0.3, 0.4) is 0 Å². The maximum absolute atomic E-state index is 11.2. The number of benzene rings is 2. The number of fused-ring (bicyclic) bond motifs is 1. The third-order valence-corrected chi connectivity index (χ3v) is 7.07. The number of amides is 1. The van der Waals surface area contributed by atoms with Gasteiger partial charge in [-0.15, -0.1) is 0 Å². The molecule has 1 aliphatic carbocycles. The van der Waals surface area contributed by atoms with Crippen molar-refractivity contribution in [2.45, 2.75) is 25.3 Å². The number of nitrogens with zero attached hydrogens (tertiary/aromatic N) is 3. The predicted molar refractivity (Wildman–Crippen MR) is 135 cm³/mol. The summed E-state index contributed by atoms with van der Waals surface area (Å²) in [6, 6.07) is 15.5. The zero-order chi connectivity index (χ0) is 23.9. The van der Waals surface area contributed by atoms with Crippen LogP contribution in [0.2, 0.25) is 0 Å². The summed E-state index contributed by atoms with van der Waals surface area (Å²) in [5.74, 6) is -0.538. The van der Waals surface area contributed by atoms with Crippen LogP contribution < -0.4 is 10.4 Å². The maximum Gasteiger partial charge on any atom is 0.267 e. The topological polar surface area (TPSA) is 79.3 Å². The number of carbonyl (C=O) groups excluding carboxylic acids is 1. The third kappa shape index (κ3) is 6.04. The first kappa shape index (κ1) is 24.4. The summed E-state index contributed by atoms with van der Waals surface area (Å²) in [6.45, 7) is 6.07. The molecule has 2 aromatic rings. The third-order valence-electron chi connectivity index (χ3n) is 7.07. The van der Waals surface area contributed by atoms with Crippen molar-refractivity contribution in [3.8, 4) is 0 Å². The van der Waals surface area contributed by atoms with E-state index in [2.05, 4.69) is 58.1 Å². The van der Waals surface area contributed by atoms with Gasteiger partial charge in [-0.2, -0.15) is 0 Å². The molecule has 0 spiro atoms. The van der Waals surface area contributed by atoms with Crippen molar-refractivity contribution < 1.29 is 15.1 Å². The highest BCUT2D eigenvalue weighted by molar-refractivity contribution is 5.90. The molecule has 1 unspecified atom stereocenters. The van der Waals surface area contributed by atoms with Gasteiger partial charge in [-0.3, -0.25) is 14.9 Å². The molecule has 1 amide bonds. The van der Waals surface area contributed by atoms with E-state index in [0.717, 1.165) is 57.5 Å². The van der Waals surface area contributed by atoms with E-state index in [4.69, 9.17) is 5.21 Å². The molecule has 3 N–H and O–H groups in total. The van der Waals surface area contributed by atoms with Crippen LogP contribution in [0, 0.1) is 0 Å². The molecule has 1 heterocycles. The predicted octanol–water partition coefficient (Wildman–Crippen LogP) is 2.48. The van der Waals surface area contributed by atoms with Gasteiger partial charge in [0.15, 0.2) is 0 Å². The summed E-state index contributed by atoms with van der Waals surface area (Å²) in [5, 5.41) is 18.4. The minimum Gasteiger partial charge on any atom is -0.395 e. The molecule has 7 heteroatoms. The van der Waals surface area contributed by atoms with E-state index in [9.17, 15) is 9.90 Å². The van der Waals surface area contributed by atoms with Crippen LogP contribution in [0.25, 0.3) is 6.08 Å². The Bertz CT molecular complexity index is 984. The number of aliphatic hydroxyl groups is 1. The van der Waals surface area contributed by atoms with Crippen LogP contribution in [0.1, 0.15) is 34.7 Å². The van der Waals surface area contributed by atoms with Crippen molar-refractivity contribution in [3.63, 3.8) is 0 Å². The smallest absolute Gasteiger partial charge is 0.267 e. The summed E-state index contributed by atoms with van der Waals surface area (Å²) in [7, 11) is 2.18. The molecule has 2 aliphatic rings. The Morgan fingerprint density at radius 1 is 1.12 bits per heavy atom. The summed E-state index contributed by atoms with van der Waals surface area (Å²) < 4.78 is 0. The number of carbonyl (C=O) groups is 1. The van der Waals surface area contributed by atoms with E-state index in [1.165, 1.54) is 28.5 Å². The number of hydrogen-bond acceptors (Lipinski definition) is 6. The van der Waals surface area contributed by atoms with Crippen LogP contribution in [0.4, 0.5) is 5.69 Å². The first-order valence-electron chi connectivity index (χ1n) is 12.2. The van der Waals surface area contributed by atoms with E-state index < -0.39 is 5.91 Å². The lowest BCUT2D eigenvalue weighted by molar-refractivity contribution is -0.124. The van der Waals surface area contributed by atoms with Crippen molar-refractivity contribution in [2.24, 2.45) is 0 Å². The number of likely N-dealkylation sites (N-methyl/N-ethyl adjacent to an activating group) is 1. The molecule has 1 atom stereocenters. The number of hydrogen-bond donors (Lipinski definition) is 3. The highest BCUT2D eigenvalue weighted by atomic mass is 16.5. The lowest BCUT2D eigenvalue weighted by Gasteiger charge is -2.34. The molecular weight excluding hydrogens is 428 g/mol. The Kier molecular flexibility index (Phi) is 8.34. The first-order valence-corrected chi connectivity index (χ1v) is 12.2. The van der Waals surface area contributed by atoms with E-state index >= 15 is 0 Å². The molecule has 1 fully saturated rings. The number of piperazine rings is 1. The normalized spacial score (nSPS) is 18.6. The molecule has 34 heavy (non-hydrogen) atoms. The summed E-state index contributed by atoms with van der Waals surface area (Å²) >= 11 is 0. The average Bonchev–Trinajstić information content (AvgIpc) is 3.29.